The number of aromatic nitrogens is 1. The Hall–Kier alpha value is -1.56. The Balaban J connectivity index is 2.22. The van der Waals surface area contributed by atoms with Crippen LogP contribution in [0.1, 0.15) is 5.56 Å². The van der Waals surface area contributed by atoms with Gasteiger partial charge in [-0.05, 0) is 46.3 Å². The van der Waals surface area contributed by atoms with Crippen molar-refractivity contribution in [3.63, 3.8) is 0 Å². The fraction of sp³-hybridized carbons (Fsp3) is 0.0833. The lowest BCUT2D eigenvalue weighted by atomic mass is 10.2. The lowest BCUT2D eigenvalue weighted by Gasteiger charge is -2.10. The van der Waals surface area contributed by atoms with Gasteiger partial charge in [0.05, 0.1) is 17.4 Å². The van der Waals surface area contributed by atoms with Gasteiger partial charge >= 0.3 is 6.18 Å². The van der Waals surface area contributed by atoms with E-state index in [0.717, 1.165) is 12.1 Å². The summed E-state index contributed by atoms with van der Waals surface area (Å²) in [5, 5.41) is 2.86. The molecule has 0 saturated heterocycles. The average Bonchev–Trinajstić information content (AvgIpc) is 2.31. The molecule has 2 rings (SSSR count). The number of hydrogen-bond acceptors (Lipinski definition) is 2. The Morgan fingerprint density at radius 3 is 2.44 bits per heavy atom. The molecule has 1 aromatic carbocycles. The summed E-state index contributed by atoms with van der Waals surface area (Å²) < 4.78 is 38.2. The third-order valence-electron chi connectivity index (χ3n) is 2.21. The fourth-order valence-corrected chi connectivity index (χ4v) is 1.62. The maximum Gasteiger partial charge on any atom is 0.416 e. The second-order valence-corrected chi connectivity index (χ2v) is 4.39. The second kappa shape index (κ2) is 4.97. The van der Waals surface area contributed by atoms with Crippen molar-refractivity contribution in [3.05, 3.63) is 52.8 Å². The highest BCUT2D eigenvalue weighted by Crippen LogP contribution is 2.31. The molecular weight excluding hydrogens is 309 g/mol. The second-order valence-electron chi connectivity index (χ2n) is 3.57. The van der Waals surface area contributed by atoms with Crippen LogP contribution in [0.25, 0.3) is 0 Å². The van der Waals surface area contributed by atoms with Crippen molar-refractivity contribution in [3.8, 4) is 0 Å². The number of alkyl halides is 3. The maximum absolute atomic E-state index is 12.5. The van der Waals surface area contributed by atoms with Crippen LogP contribution in [0.3, 0.4) is 0 Å². The highest BCUT2D eigenvalue weighted by molar-refractivity contribution is 9.10. The van der Waals surface area contributed by atoms with Crippen LogP contribution >= 0.6 is 15.9 Å². The van der Waals surface area contributed by atoms with E-state index in [0.29, 0.717) is 16.0 Å². The van der Waals surface area contributed by atoms with Gasteiger partial charge in [-0.25, -0.2) is 4.98 Å². The molecule has 1 aromatic heterocycles. The van der Waals surface area contributed by atoms with E-state index < -0.39 is 11.7 Å². The summed E-state index contributed by atoms with van der Waals surface area (Å²) in [6.45, 7) is 0. The fourth-order valence-electron chi connectivity index (χ4n) is 1.39. The van der Waals surface area contributed by atoms with E-state index in [-0.39, 0.29) is 0 Å². The Morgan fingerprint density at radius 1 is 1.06 bits per heavy atom. The molecule has 2 nitrogen and oxygen atoms in total. The molecule has 1 N–H and O–H groups in total. The summed E-state index contributed by atoms with van der Waals surface area (Å²) in [6, 6.07) is 8.44. The Bertz CT molecular complexity index is 538. The average molecular weight is 317 g/mol. The number of nitrogens with zero attached hydrogens (tertiary/aromatic N) is 1. The van der Waals surface area contributed by atoms with E-state index >= 15 is 0 Å². The van der Waals surface area contributed by atoms with Gasteiger partial charge in [0.25, 0.3) is 0 Å². The van der Waals surface area contributed by atoms with Crippen LogP contribution in [0.2, 0.25) is 0 Å². The van der Waals surface area contributed by atoms with E-state index in [1.54, 1.807) is 18.2 Å². The van der Waals surface area contributed by atoms with Crippen LogP contribution in [-0.4, -0.2) is 4.98 Å². The topological polar surface area (TPSA) is 24.9 Å². The number of nitrogens with one attached hydrogen (secondary N) is 1. The van der Waals surface area contributed by atoms with E-state index in [1.807, 2.05) is 0 Å². The summed E-state index contributed by atoms with van der Waals surface area (Å²) in [5.41, 5.74) is 0.309. The Labute approximate surface area is 110 Å². The number of hydrogen-bond donors (Lipinski definition) is 1. The van der Waals surface area contributed by atoms with Gasteiger partial charge in [0.2, 0.25) is 0 Å². The summed E-state index contributed by atoms with van der Waals surface area (Å²) in [4.78, 5) is 3.98. The van der Waals surface area contributed by atoms with Gasteiger partial charge in [-0.15, -0.1) is 0 Å². The molecule has 0 saturated carbocycles. The third kappa shape index (κ3) is 3.22. The van der Waals surface area contributed by atoms with Gasteiger partial charge in [0, 0.05) is 5.69 Å². The normalized spacial score (nSPS) is 11.3. The highest BCUT2D eigenvalue weighted by atomic mass is 79.9. The first kappa shape index (κ1) is 12.9. The number of pyridine rings is 1. The molecule has 1 heterocycles. The van der Waals surface area contributed by atoms with Crippen molar-refractivity contribution in [2.75, 3.05) is 5.32 Å². The smallest absolute Gasteiger partial charge is 0.354 e. The molecule has 0 bridgehead atoms. The van der Waals surface area contributed by atoms with E-state index in [9.17, 15) is 13.2 Å². The molecule has 0 aliphatic heterocycles. The van der Waals surface area contributed by atoms with Crippen molar-refractivity contribution in [2.24, 2.45) is 0 Å². The summed E-state index contributed by atoms with van der Waals surface area (Å²) in [7, 11) is 0. The van der Waals surface area contributed by atoms with Crippen LogP contribution in [0.4, 0.5) is 24.5 Å². The first-order valence-electron chi connectivity index (χ1n) is 5.01. The zero-order valence-corrected chi connectivity index (χ0v) is 10.6. The predicted molar refractivity (Wildman–Crippen MR) is 66.7 cm³/mol. The molecule has 18 heavy (non-hydrogen) atoms. The summed E-state index contributed by atoms with van der Waals surface area (Å²) in [6.07, 6.45) is -2.81. The standard InChI is InChI=1S/C12H8BrF3N2/c13-11-5-4-10(7-17-11)18-9-3-1-2-8(6-9)12(14,15)16/h1-7,18H. The zero-order valence-electron chi connectivity index (χ0n) is 9.00. The summed E-state index contributed by atoms with van der Waals surface area (Å²) >= 11 is 3.18. The molecule has 2 aromatic rings. The number of benzene rings is 1. The van der Waals surface area contributed by atoms with Crippen LogP contribution in [0, 0.1) is 0 Å². The van der Waals surface area contributed by atoms with Gasteiger partial charge in [-0.2, -0.15) is 13.2 Å². The van der Waals surface area contributed by atoms with Crippen molar-refractivity contribution >= 4 is 27.3 Å². The van der Waals surface area contributed by atoms with E-state index in [1.165, 1.54) is 12.3 Å². The minimum Gasteiger partial charge on any atom is -0.354 e. The van der Waals surface area contributed by atoms with Crippen molar-refractivity contribution in [1.29, 1.82) is 0 Å². The Kier molecular flexibility index (Phi) is 3.56. The summed E-state index contributed by atoms with van der Waals surface area (Å²) in [5.74, 6) is 0. The number of anilines is 2. The van der Waals surface area contributed by atoms with Crippen LogP contribution < -0.4 is 5.32 Å². The van der Waals surface area contributed by atoms with Gasteiger partial charge in [-0.3, -0.25) is 0 Å². The lowest BCUT2D eigenvalue weighted by Crippen LogP contribution is -2.05. The number of rotatable bonds is 2. The molecule has 0 radical (unpaired) electrons. The zero-order chi connectivity index (χ0) is 13.2. The van der Waals surface area contributed by atoms with Crippen LogP contribution in [0.5, 0.6) is 0 Å². The maximum atomic E-state index is 12.5. The molecule has 0 unspecified atom stereocenters. The predicted octanol–water partition coefficient (Wildman–Crippen LogP) is 4.61. The van der Waals surface area contributed by atoms with Gasteiger partial charge < -0.3 is 5.32 Å². The minimum absolute atomic E-state index is 0.369. The molecule has 0 spiro atoms. The SMILES string of the molecule is FC(F)(F)c1cccc(Nc2ccc(Br)nc2)c1. The third-order valence-corrected chi connectivity index (χ3v) is 2.68. The minimum atomic E-state index is -4.34. The molecular formula is C12H8BrF3N2. The monoisotopic (exact) mass is 316 g/mol. The van der Waals surface area contributed by atoms with Crippen LogP contribution in [-0.2, 0) is 6.18 Å². The molecule has 0 amide bonds. The van der Waals surface area contributed by atoms with Crippen molar-refractivity contribution in [1.82, 2.24) is 4.98 Å². The van der Waals surface area contributed by atoms with Gasteiger partial charge in [0.15, 0.2) is 0 Å². The molecule has 94 valence electrons. The largest absolute Gasteiger partial charge is 0.416 e. The first-order chi connectivity index (χ1) is 8.45. The molecule has 6 heteroatoms. The number of halogens is 4. The van der Waals surface area contributed by atoms with E-state index in [2.05, 4.69) is 26.2 Å². The van der Waals surface area contributed by atoms with Gasteiger partial charge in [-0.1, -0.05) is 6.07 Å². The molecule has 0 aliphatic carbocycles. The quantitative estimate of drug-likeness (QED) is 0.819. The van der Waals surface area contributed by atoms with Crippen LogP contribution in [0.15, 0.2) is 47.2 Å². The lowest BCUT2D eigenvalue weighted by molar-refractivity contribution is -0.137. The first-order valence-corrected chi connectivity index (χ1v) is 5.80. The Morgan fingerprint density at radius 2 is 1.83 bits per heavy atom. The van der Waals surface area contributed by atoms with E-state index in [4.69, 9.17) is 0 Å². The molecule has 0 atom stereocenters. The highest BCUT2D eigenvalue weighted by Gasteiger charge is 2.30. The molecule has 0 aliphatic rings. The van der Waals surface area contributed by atoms with Crippen molar-refractivity contribution in [2.45, 2.75) is 6.18 Å². The molecule has 0 fully saturated rings. The van der Waals surface area contributed by atoms with Crippen molar-refractivity contribution < 1.29 is 13.2 Å². The van der Waals surface area contributed by atoms with Gasteiger partial charge in [0.1, 0.15) is 4.60 Å².